The van der Waals surface area contributed by atoms with E-state index >= 15 is 0 Å². The lowest BCUT2D eigenvalue weighted by Gasteiger charge is -2.24. The summed E-state index contributed by atoms with van der Waals surface area (Å²) < 4.78 is 11.6. The van der Waals surface area contributed by atoms with Gasteiger partial charge in [-0.1, -0.05) is 23.7 Å². The molecule has 1 N–H and O–H groups in total. The summed E-state index contributed by atoms with van der Waals surface area (Å²) in [5.74, 6) is 1.12. The van der Waals surface area contributed by atoms with Crippen LogP contribution in [-0.2, 0) is 0 Å². The normalized spacial score (nSPS) is 15.6. The molecule has 7 heteroatoms. The van der Waals surface area contributed by atoms with Gasteiger partial charge >= 0.3 is 0 Å². The van der Waals surface area contributed by atoms with Crippen molar-refractivity contribution in [2.24, 2.45) is 0 Å². The molecule has 1 aliphatic rings. The van der Waals surface area contributed by atoms with Crippen molar-refractivity contribution >= 4 is 34.5 Å². The van der Waals surface area contributed by atoms with E-state index in [0.29, 0.717) is 33.8 Å². The van der Waals surface area contributed by atoms with Crippen LogP contribution in [0.5, 0.6) is 11.5 Å². The Morgan fingerprint density at radius 1 is 1.16 bits per heavy atom. The van der Waals surface area contributed by atoms with Crippen LogP contribution >= 0.6 is 22.9 Å². The smallest absolute Gasteiger partial charge is 0.275 e. The summed E-state index contributed by atoms with van der Waals surface area (Å²) in [5, 5.41) is 5.82. The number of carbonyl (C=O) groups excluding carboxylic acids is 1. The van der Waals surface area contributed by atoms with Crippen LogP contribution < -0.4 is 14.8 Å². The lowest BCUT2D eigenvalue weighted by Crippen LogP contribution is -2.21. The third-order valence-electron chi connectivity index (χ3n) is 3.64. The molecule has 126 valence electrons. The average Bonchev–Trinajstić information content (AvgIpc) is 3.13. The second-order valence-electron chi connectivity index (χ2n) is 5.40. The number of halogens is 1. The maximum Gasteiger partial charge on any atom is 0.275 e. The molecule has 3 aromatic rings. The third-order valence-corrected chi connectivity index (χ3v) is 4.83. The van der Waals surface area contributed by atoms with Crippen molar-refractivity contribution in [1.82, 2.24) is 4.98 Å². The van der Waals surface area contributed by atoms with Crippen molar-refractivity contribution in [1.29, 1.82) is 0 Å². The highest BCUT2D eigenvalue weighted by Crippen LogP contribution is 2.36. The van der Waals surface area contributed by atoms with Gasteiger partial charge in [0.05, 0.1) is 0 Å². The lowest BCUT2D eigenvalue weighted by atomic mass is 10.2. The summed E-state index contributed by atoms with van der Waals surface area (Å²) in [6.45, 7) is 0.364. The fourth-order valence-corrected chi connectivity index (χ4v) is 3.35. The average molecular weight is 373 g/mol. The Kier molecular flexibility index (Phi) is 4.29. The Labute approximate surface area is 153 Å². The summed E-state index contributed by atoms with van der Waals surface area (Å²) in [6.07, 6.45) is -0.322. The first-order chi connectivity index (χ1) is 12.2. The van der Waals surface area contributed by atoms with Crippen molar-refractivity contribution in [2.45, 2.75) is 6.10 Å². The van der Waals surface area contributed by atoms with E-state index in [1.807, 2.05) is 24.3 Å². The third kappa shape index (κ3) is 3.45. The number of nitrogens with zero attached hydrogens (tertiary/aromatic N) is 1. The molecule has 1 aliphatic heterocycles. The maximum absolute atomic E-state index is 12.3. The minimum atomic E-state index is -0.322. The summed E-state index contributed by atoms with van der Waals surface area (Å²) in [5.41, 5.74) is 1.01. The summed E-state index contributed by atoms with van der Waals surface area (Å²) in [4.78, 5) is 16.7. The zero-order valence-electron chi connectivity index (χ0n) is 12.9. The molecule has 0 radical (unpaired) electrons. The number of carbonyl (C=O) groups is 1. The molecule has 2 heterocycles. The Morgan fingerprint density at radius 3 is 2.72 bits per heavy atom. The quantitative estimate of drug-likeness (QED) is 0.732. The molecule has 0 aliphatic carbocycles. The van der Waals surface area contributed by atoms with Crippen molar-refractivity contribution in [3.8, 4) is 11.5 Å². The van der Waals surface area contributed by atoms with Crippen LogP contribution in [0.2, 0.25) is 5.02 Å². The van der Waals surface area contributed by atoms with Crippen molar-refractivity contribution in [3.05, 3.63) is 69.6 Å². The monoisotopic (exact) mass is 372 g/mol. The zero-order valence-corrected chi connectivity index (χ0v) is 14.5. The number of aromatic nitrogens is 1. The van der Waals surface area contributed by atoms with Gasteiger partial charge in [-0.05, 0) is 36.4 Å². The van der Waals surface area contributed by atoms with Gasteiger partial charge in [-0.25, -0.2) is 4.98 Å². The minimum Gasteiger partial charge on any atom is -0.485 e. The van der Waals surface area contributed by atoms with Gasteiger partial charge in [0.15, 0.2) is 17.6 Å². The molecule has 0 saturated heterocycles. The number of hydrogen-bond donors (Lipinski definition) is 1. The molecule has 0 bridgehead atoms. The molecular weight excluding hydrogens is 360 g/mol. The van der Waals surface area contributed by atoms with Crippen molar-refractivity contribution in [3.63, 3.8) is 0 Å². The topological polar surface area (TPSA) is 60.5 Å². The van der Waals surface area contributed by atoms with Crippen molar-refractivity contribution < 1.29 is 14.3 Å². The van der Waals surface area contributed by atoms with Crippen LogP contribution in [0.4, 0.5) is 5.69 Å². The Morgan fingerprint density at radius 2 is 1.92 bits per heavy atom. The lowest BCUT2D eigenvalue weighted by molar-refractivity contribution is 0.0906. The van der Waals surface area contributed by atoms with E-state index < -0.39 is 0 Å². The fraction of sp³-hybridized carbons (Fsp3) is 0.111. The van der Waals surface area contributed by atoms with Crippen LogP contribution in [0.15, 0.2) is 53.9 Å². The predicted molar refractivity (Wildman–Crippen MR) is 96.8 cm³/mol. The Bertz CT molecular complexity index is 911. The van der Waals surface area contributed by atoms with E-state index in [0.717, 1.165) is 5.75 Å². The minimum absolute atomic E-state index is 0.276. The first-order valence-electron chi connectivity index (χ1n) is 7.60. The summed E-state index contributed by atoms with van der Waals surface area (Å²) in [6, 6.07) is 14.4. The van der Waals surface area contributed by atoms with Gasteiger partial charge in [-0.2, -0.15) is 0 Å². The molecule has 25 heavy (non-hydrogen) atoms. The maximum atomic E-state index is 12.3. The molecule has 1 aromatic heterocycles. The highest BCUT2D eigenvalue weighted by atomic mass is 35.5. The zero-order chi connectivity index (χ0) is 17.2. The second-order valence-corrected chi connectivity index (χ2v) is 6.72. The SMILES string of the molecule is O=C(Nc1ccc(Cl)cc1)c1csc(C2COc3ccccc3O2)n1. The van der Waals surface area contributed by atoms with Gasteiger partial charge in [0.1, 0.15) is 17.3 Å². The summed E-state index contributed by atoms with van der Waals surface area (Å²) in [7, 11) is 0. The number of ether oxygens (including phenoxy) is 2. The van der Waals surface area contributed by atoms with E-state index in [4.69, 9.17) is 21.1 Å². The van der Waals surface area contributed by atoms with Crippen LogP contribution in [0.25, 0.3) is 0 Å². The Hall–Kier alpha value is -2.57. The van der Waals surface area contributed by atoms with Crippen LogP contribution in [0, 0.1) is 0 Å². The van der Waals surface area contributed by atoms with E-state index in [1.165, 1.54) is 11.3 Å². The van der Waals surface area contributed by atoms with E-state index in [2.05, 4.69) is 10.3 Å². The predicted octanol–water partition coefficient (Wildman–Crippen LogP) is 4.56. The highest BCUT2D eigenvalue weighted by Gasteiger charge is 2.25. The van der Waals surface area contributed by atoms with Crippen LogP contribution in [-0.4, -0.2) is 17.5 Å². The Balaban J connectivity index is 1.47. The standard InChI is InChI=1S/C18H13ClN2O3S/c19-11-5-7-12(8-6-11)20-17(22)13-10-25-18(21-13)16-9-23-14-3-1-2-4-15(14)24-16/h1-8,10,16H,9H2,(H,20,22). The second kappa shape index (κ2) is 6.74. The number of hydrogen-bond acceptors (Lipinski definition) is 5. The fourth-order valence-electron chi connectivity index (χ4n) is 2.41. The number of anilines is 1. The summed E-state index contributed by atoms with van der Waals surface area (Å²) >= 11 is 7.22. The van der Waals surface area contributed by atoms with Crippen molar-refractivity contribution in [2.75, 3.05) is 11.9 Å². The molecule has 0 fully saturated rings. The van der Waals surface area contributed by atoms with Gasteiger partial charge in [0.2, 0.25) is 0 Å². The molecule has 0 saturated carbocycles. The number of benzene rings is 2. The van der Waals surface area contributed by atoms with Gasteiger partial charge in [-0.3, -0.25) is 4.79 Å². The van der Waals surface area contributed by atoms with Gasteiger partial charge in [0, 0.05) is 16.1 Å². The molecular formula is C18H13ClN2O3S. The molecule has 1 unspecified atom stereocenters. The number of fused-ring (bicyclic) bond motifs is 1. The van der Waals surface area contributed by atoms with Gasteiger partial charge < -0.3 is 14.8 Å². The molecule has 1 atom stereocenters. The molecule has 4 rings (SSSR count). The van der Waals surface area contributed by atoms with Gasteiger partial charge in [0.25, 0.3) is 5.91 Å². The van der Waals surface area contributed by atoms with Gasteiger partial charge in [-0.15, -0.1) is 11.3 Å². The van der Waals surface area contributed by atoms with Crippen LogP contribution in [0.1, 0.15) is 21.6 Å². The van der Waals surface area contributed by atoms with E-state index in [-0.39, 0.29) is 12.0 Å². The number of amides is 1. The molecule has 2 aromatic carbocycles. The molecule has 0 spiro atoms. The number of nitrogens with one attached hydrogen (secondary N) is 1. The number of rotatable bonds is 3. The molecule has 5 nitrogen and oxygen atoms in total. The first-order valence-corrected chi connectivity index (χ1v) is 8.85. The first kappa shape index (κ1) is 15.9. The van der Waals surface area contributed by atoms with E-state index in [1.54, 1.807) is 29.6 Å². The number of thiazole rings is 1. The van der Waals surface area contributed by atoms with Crippen LogP contribution in [0.3, 0.4) is 0 Å². The molecule has 1 amide bonds. The largest absolute Gasteiger partial charge is 0.485 e. The van der Waals surface area contributed by atoms with E-state index in [9.17, 15) is 4.79 Å². The highest BCUT2D eigenvalue weighted by molar-refractivity contribution is 7.09. The number of para-hydroxylation sites is 2.